The molecule has 0 amide bonds. The highest BCUT2D eigenvalue weighted by molar-refractivity contribution is 5.44. The van der Waals surface area contributed by atoms with Crippen molar-refractivity contribution in [2.75, 3.05) is 24.2 Å². The summed E-state index contributed by atoms with van der Waals surface area (Å²) in [6.07, 6.45) is 2.60. The van der Waals surface area contributed by atoms with Gasteiger partial charge in [0, 0.05) is 45.0 Å². The van der Waals surface area contributed by atoms with Crippen molar-refractivity contribution in [3.63, 3.8) is 0 Å². The van der Waals surface area contributed by atoms with Crippen LogP contribution in [-0.4, -0.2) is 39.7 Å². The highest BCUT2D eigenvalue weighted by Gasteiger charge is 2.29. The van der Waals surface area contributed by atoms with Crippen LogP contribution in [0, 0.1) is 6.92 Å². The number of nitrogens with two attached hydrogens (primary N) is 2. The van der Waals surface area contributed by atoms with Crippen molar-refractivity contribution < 1.29 is 4.52 Å². The van der Waals surface area contributed by atoms with E-state index < -0.39 is 0 Å². The molecule has 0 aliphatic heterocycles. The van der Waals surface area contributed by atoms with E-state index >= 15 is 0 Å². The molecule has 1 saturated carbocycles. The Labute approximate surface area is 128 Å². The second-order valence-electron chi connectivity index (χ2n) is 5.84. The predicted octanol–water partition coefficient (Wildman–Crippen LogP) is 0.634. The summed E-state index contributed by atoms with van der Waals surface area (Å²) < 4.78 is 4.97. The number of likely N-dealkylation sites (N-methyl/N-ethyl adjacent to an activating group) is 1. The standard InChI is InChI=1S/C14H21N7O/c1-8-17-12(20-22-8)3-4-21(2)13-7-11(18-14(16)19-13)9-5-10(15)6-9/h7,9-10H,3-6,15H2,1-2H3,(H2,16,18,19). The summed E-state index contributed by atoms with van der Waals surface area (Å²) in [5, 5.41) is 3.89. The Morgan fingerprint density at radius 1 is 1.32 bits per heavy atom. The van der Waals surface area contributed by atoms with Gasteiger partial charge in [0.2, 0.25) is 11.8 Å². The van der Waals surface area contributed by atoms with Gasteiger partial charge in [-0.15, -0.1) is 0 Å². The third kappa shape index (κ3) is 3.16. The van der Waals surface area contributed by atoms with Crippen LogP contribution in [0.4, 0.5) is 11.8 Å². The van der Waals surface area contributed by atoms with Gasteiger partial charge in [-0.25, -0.2) is 4.98 Å². The van der Waals surface area contributed by atoms with E-state index in [1.54, 1.807) is 6.92 Å². The number of anilines is 2. The van der Waals surface area contributed by atoms with Crippen LogP contribution in [0.1, 0.15) is 36.2 Å². The zero-order valence-electron chi connectivity index (χ0n) is 12.9. The molecule has 0 saturated heterocycles. The average molecular weight is 303 g/mol. The molecule has 2 heterocycles. The van der Waals surface area contributed by atoms with Crippen LogP contribution in [0.3, 0.4) is 0 Å². The van der Waals surface area contributed by atoms with Gasteiger partial charge < -0.3 is 20.9 Å². The molecule has 2 aromatic heterocycles. The highest BCUT2D eigenvalue weighted by atomic mass is 16.5. The molecule has 8 heteroatoms. The smallest absolute Gasteiger partial charge is 0.223 e. The van der Waals surface area contributed by atoms with Crippen molar-refractivity contribution in [2.45, 2.75) is 38.1 Å². The molecule has 0 atom stereocenters. The molecule has 1 aliphatic carbocycles. The first-order valence-corrected chi connectivity index (χ1v) is 7.41. The minimum atomic E-state index is 0.281. The number of nitrogens with zero attached hydrogens (tertiary/aromatic N) is 5. The molecular weight excluding hydrogens is 282 g/mol. The van der Waals surface area contributed by atoms with E-state index in [0.29, 0.717) is 30.0 Å². The molecular formula is C14H21N7O. The summed E-state index contributed by atoms with van der Waals surface area (Å²) in [5.74, 6) is 2.77. The van der Waals surface area contributed by atoms with Gasteiger partial charge in [0.15, 0.2) is 5.82 Å². The van der Waals surface area contributed by atoms with E-state index in [1.165, 1.54) is 0 Å². The quantitative estimate of drug-likeness (QED) is 0.825. The van der Waals surface area contributed by atoms with Crippen molar-refractivity contribution in [1.82, 2.24) is 20.1 Å². The van der Waals surface area contributed by atoms with Crippen LogP contribution in [0.5, 0.6) is 0 Å². The third-order valence-electron chi connectivity index (χ3n) is 3.97. The van der Waals surface area contributed by atoms with Crippen LogP contribution >= 0.6 is 0 Å². The summed E-state index contributed by atoms with van der Waals surface area (Å²) >= 11 is 0. The number of nitrogen functional groups attached to an aromatic ring is 1. The molecule has 4 N–H and O–H groups in total. The molecule has 22 heavy (non-hydrogen) atoms. The Hall–Kier alpha value is -2.22. The van der Waals surface area contributed by atoms with E-state index in [4.69, 9.17) is 16.0 Å². The lowest BCUT2D eigenvalue weighted by molar-refractivity contribution is 0.345. The zero-order chi connectivity index (χ0) is 15.7. The second kappa shape index (κ2) is 5.88. The monoisotopic (exact) mass is 303 g/mol. The van der Waals surface area contributed by atoms with E-state index in [-0.39, 0.29) is 6.04 Å². The lowest BCUT2D eigenvalue weighted by Crippen LogP contribution is -2.35. The third-order valence-corrected chi connectivity index (χ3v) is 3.97. The van der Waals surface area contributed by atoms with Crippen LogP contribution in [0.15, 0.2) is 10.6 Å². The molecule has 0 unspecified atom stereocenters. The first-order chi connectivity index (χ1) is 10.5. The molecule has 3 rings (SSSR count). The molecule has 0 bridgehead atoms. The number of aromatic nitrogens is 4. The van der Waals surface area contributed by atoms with Crippen molar-refractivity contribution in [2.24, 2.45) is 5.73 Å². The normalized spacial score (nSPS) is 20.7. The van der Waals surface area contributed by atoms with E-state index in [9.17, 15) is 0 Å². The summed E-state index contributed by atoms with van der Waals surface area (Å²) in [6, 6.07) is 2.28. The summed E-state index contributed by atoms with van der Waals surface area (Å²) in [6.45, 7) is 2.50. The molecule has 0 spiro atoms. The Balaban J connectivity index is 1.67. The second-order valence-corrected chi connectivity index (χ2v) is 5.84. The van der Waals surface area contributed by atoms with Crippen molar-refractivity contribution in [3.8, 4) is 0 Å². The van der Waals surface area contributed by atoms with Crippen molar-refractivity contribution in [3.05, 3.63) is 23.5 Å². The van der Waals surface area contributed by atoms with E-state index in [2.05, 4.69) is 20.1 Å². The molecule has 1 fully saturated rings. The fraction of sp³-hybridized carbons (Fsp3) is 0.571. The molecule has 0 aromatic carbocycles. The summed E-state index contributed by atoms with van der Waals surface area (Å²) in [7, 11) is 1.96. The first-order valence-electron chi connectivity index (χ1n) is 7.41. The summed E-state index contributed by atoms with van der Waals surface area (Å²) in [5.41, 5.74) is 12.7. The highest BCUT2D eigenvalue weighted by Crippen LogP contribution is 2.35. The lowest BCUT2D eigenvalue weighted by atomic mass is 9.78. The molecule has 8 nitrogen and oxygen atoms in total. The van der Waals surface area contributed by atoms with E-state index in [1.807, 2.05) is 18.0 Å². The maximum absolute atomic E-state index is 5.85. The van der Waals surface area contributed by atoms with Crippen molar-refractivity contribution >= 4 is 11.8 Å². The number of aryl methyl sites for hydroxylation is 1. The van der Waals surface area contributed by atoms with E-state index in [0.717, 1.165) is 30.9 Å². The maximum atomic E-state index is 5.85. The Morgan fingerprint density at radius 3 is 2.73 bits per heavy atom. The molecule has 118 valence electrons. The van der Waals surface area contributed by atoms with Gasteiger partial charge in [-0.05, 0) is 12.8 Å². The fourth-order valence-corrected chi connectivity index (χ4v) is 2.60. The zero-order valence-corrected chi connectivity index (χ0v) is 12.9. The van der Waals surface area contributed by atoms with Gasteiger partial charge in [-0.3, -0.25) is 0 Å². The minimum absolute atomic E-state index is 0.281. The van der Waals surface area contributed by atoms with Crippen LogP contribution in [-0.2, 0) is 6.42 Å². The molecule has 0 radical (unpaired) electrons. The Morgan fingerprint density at radius 2 is 2.09 bits per heavy atom. The molecule has 2 aromatic rings. The van der Waals surface area contributed by atoms with Gasteiger partial charge in [0.1, 0.15) is 5.82 Å². The predicted molar refractivity (Wildman–Crippen MR) is 82.4 cm³/mol. The minimum Gasteiger partial charge on any atom is -0.368 e. The van der Waals surface area contributed by atoms with Crippen LogP contribution in [0.2, 0.25) is 0 Å². The number of rotatable bonds is 5. The lowest BCUT2D eigenvalue weighted by Gasteiger charge is -2.32. The maximum Gasteiger partial charge on any atom is 0.223 e. The summed E-state index contributed by atoms with van der Waals surface area (Å²) in [4.78, 5) is 14.9. The van der Waals surface area contributed by atoms with Gasteiger partial charge in [0.05, 0.1) is 5.69 Å². The SMILES string of the molecule is Cc1nc(CCN(C)c2cc(C3CC(N)C3)nc(N)n2)no1. The van der Waals surface area contributed by atoms with Gasteiger partial charge in [-0.2, -0.15) is 9.97 Å². The van der Waals surface area contributed by atoms with Crippen LogP contribution < -0.4 is 16.4 Å². The average Bonchev–Trinajstić information content (AvgIpc) is 2.86. The fourth-order valence-electron chi connectivity index (χ4n) is 2.60. The number of hydrogen-bond donors (Lipinski definition) is 2. The largest absolute Gasteiger partial charge is 0.368 e. The van der Waals surface area contributed by atoms with Crippen molar-refractivity contribution in [1.29, 1.82) is 0 Å². The molecule has 1 aliphatic rings. The van der Waals surface area contributed by atoms with Gasteiger partial charge in [0.25, 0.3) is 0 Å². The number of hydrogen-bond acceptors (Lipinski definition) is 8. The van der Waals surface area contributed by atoms with Gasteiger partial charge >= 0.3 is 0 Å². The first kappa shape index (κ1) is 14.7. The Kier molecular flexibility index (Phi) is 3.93. The topological polar surface area (TPSA) is 120 Å². The van der Waals surface area contributed by atoms with Crippen LogP contribution in [0.25, 0.3) is 0 Å². The Bertz CT molecular complexity index is 650. The van der Waals surface area contributed by atoms with Gasteiger partial charge in [-0.1, -0.05) is 5.16 Å².